The zero-order valence-electron chi connectivity index (χ0n) is 12.7. The van der Waals surface area contributed by atoms with Crippen LogP contribution in [0.4, 0.5) is 0 Å². The molecule has 0 spiro atoms. The average Bonchev–Trinajstić information content (AvgIpc) is 2.44. The summed E-state index contributed by atoms with van der Waals surface area (Å²) >= 11 is 0. The first-order valence-corrected chi connectivity index (χ1v) is 7.29. The summed E-state index contributed by atoms with van der Waals surface area (Å²) in [6.07, 6.45) is 1.07. The zero-order valence-corrected chi connectivity index (χ0v) is 12.7. The van der Waals surface area contributed by atoms with Crippen molar-refractivity contribution in [1.82, 2.24) is 10.6 Å². The predicted molar refractivity (Wildman–Crippen MR) is 81.9 cm³/mol. The summed E-state index contributed by atoms with van der Waals surface area (Å²) in [7, 11) is 0. The van der Waals surface area contributed by atoms with Gasteiger partial charge in [0.2, 0.25) is 5.91 Å². The minimum Gasteiger partial charge on any atom is -0.466 e. The molecule has 0 saturated heterocycles. The van der Waals surface area contributed by atoms with Crippen LogP contribution in [0.1, 0.15) is 25.8 Å². The highest BCUT2D eigenvalue weighted by Gasteiger charge is 2.14. The molecule has 0 radical (unpaired) electrons. The van der Waals surface area contributed by atoms with Crippen molar-refractivity contribution in [2.75, 3.05) is 19.7 Å². The van der Waals surface area contributed by atoms with Crippen LogP contribution in [0.25, 0.3) is 0 Å². The van der Waals surface area contributed by atoms with E-state index in [0.29, 0.717) is 26.1 Å². The molecule has 0 aliphatic heterocycles. The van der Waals surface area contributed by atoms with Gasteiger partial charge in [0, 0.05) is 26.1 Å². The maximum atomic E-state index is 11.7. The third-order valence-corrected chi connectivity index (χ3v) is 2.98. The van der Waals surface area contributed by atoms with E-state index in [1.807, 2.05) is 30.3 Å². The standard InChI is InChI=1S/C16H24N2O3/c1-3-21-16(20)12-15(18-10-9-17-13(2)19)11-14-7-5-4-6-8-14/h4-8,15,18H,3,9-12H2,1-2H3,(H,17,19). The van der Waals surface area contributed by atoms with Gasteiger partial charge in [0.15, 0.2) is 0 Å². The lowest BCUT2D eigenvalue weighted by Gasteiger charge is -2.18. The number of hydrogen-bond donors (Lipinski definition) is 2. The Morgan fingerprint density at radius 2 is 1.90 bits per heavy atom. The number of carbonyl (C=O) groups is 2. The normalized spacial score (nSPS) is 11.7. The molecule has 2 N–H and O–H groups in total. The second-order valence-corrected chi connectivity index (χ2v) is 4.83. The highest BCUT2D eigenvalue weighted by atomic mass is 16.5. The van der Waals surface area contributed by atoms with Gasteiger partial charge in [0.1, 0.15) is 0 Å². The predicted octanol–water partition coefficient (Wildman–Crippen LogP) is 1.28. The molecule has 1 rings (SSSR count). The van der Waals surface area contributed by atoms with Gasteiger partial charge in [-0.2, -0.15) is 0 Å². The molecule has 0 aromatic heterocycles. The molecule has 1 unspecified atom stereocenters. The first kappa shape index (κ1) is 17.2. The monoisotopic (exact) mass is 292 g/mol. The Morgan fingerprint density at radius 1 is 1.19 bits per heavy atom. The molecule has 1 aromatic rings. The molecule has 1 amide bonds. The van der Waals surface area contributed by atoms with Crippen LogP contribution in [0.5, 0.6) is 0 Å². The van der Waals surface area contributed by atoms with Crippen LogP contribution in [0.2, 0.25) is 0 Å². The minimum atomic E-state index is -0.203. The summed E-state index contributed by atoms with van der Waals surface area (Å²) in [6, 6.07) is 10.00. The van der Waals surface area contributed by atoms with Crippen LogP contribution in [0, 0.1) is 0 Å². The van der Waals surface area contributed by atoms with Crippen LogP contribution >= 0.6 is 0 Å². The summed E-state index contributed by atoms with van der Waals surface area (Å²) in [4.78, 5) is 22.5. The third-order valence-electron chi connectivity index (χ3n) is 2.98. The number of benzene rings is 1. The van der Waals surface area contributed by atoms with Crippen molar-refractivity contribution in [3.05, 3.63) is 35.9 Å². The van der Waals surface area contributed by atoms with Crippen molar-refractivity contribution in [1.29, 1.82) is 0 Å². The van der Waals surface area contributed by atoms with Gasteiger partial charge in [-0.15, -0.1) is 0 Å². The summed E-state index contributed by atoms with van der Waals surface area (Å²) in [6.45, 7) is 4.84. The molecule has 0 heterocycles. The molecular formula is C16H24N2O3. The van der Waals surface area contributed by atoms with Gasteiger partial charge in [0.25, 0.3) is 0 Å². The van der Waals surface area contributed by atoms with Crippen LogP contribution in [-0.2, 0) is 20.7 Å². The fraction of sp³-hybridized carbons (Fsp3) is 0.500. The van der Waals surface area contributed by atoms with Crippen molar-refractivity contribution in [3.8, 4) is 0 Å². The second-order valence-electron chi connectivity index (χ2n) is 4.83. The van der Waals surface area contributed by atoms with Crippen molar-refractivity contribution < 1.29 is 14.3 Å². The van der Waals surface area contributed by atoms with Crippen molar-refractivity contribution in [2.24, 2.45) is 0 Å². The molecule has 0 bridgehead atoms. The van der Waals surface area contributed by atoms with E-state index in [9.17, 15) is 9.59 Å². The topological polar surface area (TPSA) is 67.4 Å². The molecule has 0 fully saturated rings. The van der Waals surface area contributed by atoms with Gasteiger partial charge in [-0.3, -0.25) is 9.59 Å². The Balaban J connectivity index is 2.48. The number of esters is 1. The molecule has 0 aliphatic carbocycles. The van der Waals surface area contributed by atoms with E-state index >= 15 is 0 Å². The van der Waals surface area contributed by atoms with Crippen LogP contribution in [0.3, 0.4) is 0 Å². The lowest BCUT2D eigenvalue weighted by Crippen LogP contribution is -2.39. The first-order chi connectivity index (χ1) is 10.1. The van der Waals surface area contributed by atoms with E-state index in [1.54, 1.807) is 6.92 Å². The van der Waals surface area contributed by atoms with E-state index in [1.165, 1.54) is 12.5 Å². The lowest BCUT2D eigenvalue weighted by molar-refractivity contribution is -0.143. The molecular weight excluding hydrogens is 268 g/mol. The van der Waals surface area contributed by atoms with Gasteiger partial charge >= 0.3 is 5.97 Å². The van der Waals surface area contributed by atoms with Crippen LogP contribution < -0.4 is 10.6 Å². The summed E-state index contributed by atoms with van der Waals surface area (Å²) in [5, 5.41) is 6.02. The molecule has 0 saturated carbocycles. The smallest absolute Gasteiger partial charge is 0.307 e. The minimum absolute atomic E-state index is 0.000193. The largest absolute Gasteiger partial charge is 0.466 e. The van der Waals surface area contributed by atoms with Crippen LogP contribution in [0.15, 0.2) is 30.3 Å². The van der Waals surface area contributed by atoms with Crippen LogP contribution in [-0.4, -0.2) is 37.6 Å². The van der Waals surface area contributed by atoms with E-state index in [-0.39, 0.29) is 17.9 Å². The molecule has 1 atom stereocenters. The number of amides is 1. The number of nitrogens with one attached hydrogen (secondary N) is 2. The number of ether oxygens (including phenoxy) is 1. The zero-order chi connectivity index (χ0) is 15.5. The third kappa shape index (κ3) is 8.09. The Bertz CT molecular complexity index is 434. The van der Waals surface area contributed by atoms with E-state index in [4.69, 9.17) is 4.74 Å². The fourth-order valence-corrected chi connectivity index (χ4v) is 2.05. The van der Waals surface area contributed by atoms with Gasteiger partial charge < -0.3 is 15.4 Å². The first-order valence-electron chi connectivity index (χ1n) is 7.29. The fourth-order valence-electron chi connectivity index (χ4n) is 2.05. The molecule has 1 aromatic carbocycles. The lowest BCUT2D eigenvalue weighted by atomic mass is 10.0. The summed E-state index contributed by atoms with van der Waals surface area (Å²) < 4.78 is 5.01. The number of rotatable bonds is 9. The number of carbonyl (C=O) groups excluding carboxylic acids is 2. The van der Waals surface area contributed by atoms with Gasteiger partial charge in [-0.25, -0.2) is 0 Å². The quantitative estimate of drug-likeness (QED) is 0.531. The number of hydrogen-bond acceptors (Lipinski definition) is 4. The molecule has 5 heteroatoms. The van der Waals surface area contributed by atoms with Crippen molar-refractivity contribution >= 4 is 11.9 Å². The average molecular weight is 292 g/mol. The second kappa shape index (κ2) is 9.94. The SMILES string of the molecule is CCOC(=O)CC(Cc1ccccc1)NCCNC(C)=O. The van der Waals surface area contributed by atoms with E-state index < -0.39 is 0 Å². The summed E-state index contributed by atoms with van der Waals surface area (Å²) in [5.41, 5.74) is 1.17. The maximum absolute atomic E-state index is 11.7. The molecule has 5 nitrogen and oxygen atoms in total. The van der Waals surface area contributed by atoms with Gasteiger partial charge in [0.05, 0.1) is 13.0 Å². The van der Waals surface area contributed by atoms with E-state index in [0.717, 1.165) is 6.42 Å². The van der Waals surface area contributed by atoms with Gasteiger partial charge in [-0.05, 0) is 18.9 Å². The molecule has 21 heavy (non-hydrogen) atoms. The Hall–Kier alpha value is -1.88. The van der Waals surface area contributed by atoms with E-state index in [2.05, 4.69) is 10.6 Å². The van der Waals surface area contributed by atoms with Crippen molar-refractivity contribution in [2.45, 2.75) is 32.7 Å². The molecule has 0 aliphatic rings. The Morgan fingerprint density at radius 3 is 2.52 bits per heavy atom. The van der Waals surface area contributed by atoms with Gasteiger partial charge in [-0.1, -0.05) is 30.3 Å². The highest BCUT2D eigenvalue weighted by Crippen LogP contribution is 2.06. The van der Waals surface area contributed by atoms with Crippen molar-refractivity contribution in [3.63, 3.8) is 0 Å². The Kier molecular flexibility index (Phi) is 8.12. The maximum Gasteiger partial charge on any atom is 0.307 e. The summed E-state index contributed by atoms with van der Waals surface area (Å²) in [5.74, 6) is -0.257. The molecule has 116 valence electrons. The highest BCUT2D eigenvalue weighted by molar-refractivity contribution is 5.72. The Labute approximate surface area is 126 Å².